The molecule has 0 aliphatic heterocycles. The Morgan fingerprint density at radius 1 is 1.50 bits per heavy atom. The topological polar surface area (TPSA) is 125 Å². The van der Waals surface area contributed by atoms with Crippen LogP contribution in [0.1, 0.15) is 18.4 Å². The third kappa shape index (κ3) is 3.72. The van der Waals surface area contributed by atoms with E-state index in [1.165, 1.54) is 25.3 Å². The van der Waals surface area contributed by atoms with Gasteiger partial charge in [0.1, 0.15) is 11.8 Å². The number of nitrogens with two attached hydrogens (primary N) is 1. The van der Waals surface area contributed by atoms with Gasteiger partial charge in [0.05, 0.1) is 12.0 Å². The number of carbonyl (C=O) groups excluding carboxylic acids is 2. The van der Waals surface area contributed by atoms with Crippen LogP contribution in [0.2, 0.25) is 0 Å². The molecule has 2 amide bonds. The van der Waals surface area contributed by atoms with Crippen LogP contribution in [0.25, 0.3) is 0 Å². The summed E-state index contributed by atoms with van der Waals surface area (Å²) in [5, 5.41) is 13.4. The summed E-state index contributed by atoms with van der Waals surface area (Å²) < 4.78 is 5.14. The highest BCUT2D eigenvalue weighted by atomic mass is 16.6. The number of amides is 2. The Bertz CT molecular complexity index is 612. The Morgan fingerprint density at radius 2 is 2.18 bits per heavy atom. The molecule has 3 N–H and O–H groups in total. The monoisotopic (exact) mass is 307 g/mol. The number of benzene rings is 1. The van der Waals surface area contributed by atoms with E-state index in [0.29, 0.717) is 11.3 Å². The van der Waals surface area contributed by atoms with Gasteiger partial charge < -0.3 is 15.8 Å². The summed E-state index contributed by atoms with van der Waals surface area (Å²) in [5.41, 5.74) is 5.64. The summed E-state index contributed by atoms with van der Waals surface area (Å²) >= 11 is 0. The molecule has 22 heavy (non-hydrogen) atoms. The number of carbonyl (C=O) groups is 2. The van der Waals surface area contributed by atoms with Crippen LogP contribution in [0.15, 0.2) is 18.2 Å². The zero-order valence-electron chi connectivity index (χ0n) is 12.1. The third-order valence-electron chi connectivity index (χ3n) is 3.51. The minimum Gasteiger partial charge on any atom is -0.496 e. The Morgan fingerprint density at radius 3 is 2.68 bits per heavy atom. The first-order valence-corrected chi connectivity index (χ1v) is 6.83. The smallest absolute Gasteiger partial charge is 0.269 e. The van der Waals surface area contributed by atoms with Gasteiger partial charge in [0.2, 0.25) is 11.8 Å². The highest BCUT2D eigenvalue weighted by Gasteiger charge is 2.32. The molecule has 1 atom stereocenters. The van der Waals surface area contributed by atoms with Crippen molar-refractivity contribution in [1.29, 1.82) is 0 Å². The molecule has 1 aliphatic rings. The van der Waals surface area contributed by atoms with Crippen molar-refractivity contribution in [3.8, 4) is 5.75 Å². The molecule has 0 radical (unpaired) electrons. The van der Waals surface area contributed by atoms with E-state index in [1.54, 1.807) is 0 Å². The first-order valence-electron chi connectivity index (χ1n) is 6.83. The zero-order valence-corrected chi connectivity index (χ0v) is 12.1. The van der Waals surface area contributed by atoms with Gasteiger partial charge in [0, 0.05) is 30.0 Å². The molecule has 0 saturated heterocycles. The maximum absolute atomic E-state index is 11.8. The van der Waals surface area contributed by atoms with E-state index in [9.17, 15) is 19.7 Å². The summed E-state index contributed by atoms with van der Waals surface area (Å²) in [6.45, 7) is 0. The van der Waals surface area contributed by atoms with Crippen molar-refractivity contribution < 1.29 is 19.2 Å². The Labute approximate surface area is 126 Å². The fourth-order valence-electron chi connectivity index (χ4n) is 2.12. The number of primary amides is 1. The number of hydrogen-bond acceptors (Lipinski definition) is 5. The van der Waals surface area contributed by atoms with Crippen LogP contribution in [0.3, 0.4) is 0 Å². The fourth-order valence-corrected chi connectivity index (χ4v) is 2.12. The molecule has 1 fully saturated rings. The van der Waals surface area contributed by atoms with Crippen molar-refractivity contribution in [2.24, 2.45) is 11.7 Å². The molecule has 0 spiro atoms. The lowest BCUT2D eigenvalue weighted by Gasteiger charge is -2.17. The van der Waals surface area contributed by atoms with Crippen molar-refractivity contribution in [3.63, 3.8) is 0 Å². The zero-order chi connectivity index (χ0) is 16.3. The average molecular weight is 307 g/mol. The van der Waals surface area contributed by atoms with Gasteiger partial charge in [0.25, 0.3) is 5.69 Å². The number of nitrogens with zero attached hydrogens (tertiary/aromatic N) is 1. The van der Waals surface area contributed by atoms with Crippen LogP contribution in [0, 0.1) is 16.0 Å². The molecule has 8 heteroatoms. The molecule has 8 nitrogen and oxygen atoms in total. The van der Waals surface area contributed by atoms with Crippen molar-refractivity contribution in [2.75, 3.05) is 7.11 Å². The van der Waals surface area contributed by atoms with E-state index in [4.69, 9.17) is 10.5 Å². The van der Waals surface area contributed by atoms with E-state index in [0.717, 1.165) is 12.8 Å². The summed E-state index contributed by atoms with van der Waals surface area (Å²) in [6, 6.07) is 3.15. The quantitative estimate of drug-likeness (QED) is 0.561. The molecule has 0 bridgehead atoms. The van der Waals surface area contributed by atoms with E-state index in [-0.39, 0.29) is 23.9 Å². The fraction of sp³-hybridized carbons (Fsp3) is 0.429. The second kappa shape index (κ2) is 6.42. The second-order valence-corrected chi connectivity index (χ2v) is 5.20. The van der Waals surface area contributed by atoms with Crippen LogP contribution in [-0.4, -0.2) is 29.9 Å². The molecular formula is C14H17N3O5. The van der Waals surface area contributed by atoms with Gasteiger partial charge in [0.15, 0.2) is 0 Å². The Hall–Kier alpha value is -2.64. The Kier molecular flexibility index (Phi) is 4.59. The lowest BCUT2D eigenvalue weighted by atomic mass is 10.0. The summed E-state index contributed by atoms with van der Waals surface area (Å²) in [5.74, 6) is -0.567. The Balaban J connectivity index is 2.20. The van der Waals surface area contributed by atoms with E-state index in [2.05, 4.69) is 5.32 Å². The van der Waals surface area contributed by atoms with Crippen LogP contribution >= 0.6 is 0 Å². The number of ether oxygens (including phenoxy) is 1. The summed E-state index contributed by atoms with van der Waals surface area (Å²) in [6.07, 6.45) is 1.65. The van der Waals surface area contributed by atoms with Gasteiger partial charge in [-0.3, -0.25) is 19.7 Å². The number of nitro benzene ring substituents is 1. The largest absolute Gasteiger partial charge is 0.496 e. The summed E-state index contributed by atoms with van der Waals surface area (Å²) in [4.78, 5) is 33.6. The second-order valence-electron chi connectivity index (χ2n) is 5.20. The molecule has 0 unspecified atom stereocenters. The molecule has 2 rings (SSSR count). The average Bonchev–Trinajstić information content (AvgIpc) is 3.30. The number of nitro groups is 1. The van der Waals surface area contributed by atoms with Crippen molar-refractivity contribution in [1.82, 2.24) is 5.32 Å². The highest BCUT2D eigenvalue weighted by Crippen LogP contribution is 2.29. The van der Waals surface area contributed by atoms with Gasteiger partial charge in [-0.15, -0.1) is 0 Å². The van der Waals surface area contributed by atoms with Crippen LogP contribution < -0.4 is 15.8 Å². The lowest BCUT2D eigenvalue weighted by molar-refractivity contribution is -0.384. The lowest BCUT2D eigenvalue weighted by Crippen LogP contribution is -2.46. The summed E-state index contributed by atoms with van der Waals surface area (Å²) in [7, 11) is 1.42. The van der Waals surface area contributed by atoms with Crippen LogP contribution in [0.5, 0.6) is 5.75 Å². The molecule has 1 aromatic carbocycles. The molecule has 1 aromatic rings. The van der Waals surface area contributed by atoms with Gasteiger partial charge in [-0.25, -0.2) is 0 Å². The molecule has 1 aliphatic carbocycles. The molecule has 0 heterocycles. The predicted molar refractivity (Wildman–Crippen MR) is 77.2 cm³/mol. The van der Waals surface area contributed by atoms with E-state index < -0.39 is 16.9 Å². The van der Waals surface area contributed by atoms with Crippen LogP contribution in [-0.2, 0) is 16.0 Å². The van der Waals surface area contributed by atoms with Crippen molar-refractivity contribution in [3.05, 3.63) is 33.9 Å². The third-order valence-corrected chi connectivity index (χ3v) is 3.51. The van der Waals surface area contributed by atoms with E-state index in [1.807, 2.05) is 0 Å². The first-order chi connectivity index (χ1) is 10.4. The first kappa shape index (κ1) is 15.7. The van der Waals surface area contributed by atoms with Crippen molar-refractivity contribution in [2.45, 2.75) is 25.3 Å². The standard InChI is InChI=1S/C14H17N3O5/c1-22-12-5-4-10(17(20)21)6-9(12)7-11(13(15)18)16-14(19)8-2-3-8/h4-6,8,11H,2-3,7H2,1H3,(H2,15,18)(H,16,19)/t11-/m0/s1. The number of rotatable bonds is 7. The molecular weight excluding hydrogens is 290 g/mol. The van der Waals surface area contributed by atoms with E-state index >= 15 is 0 Å². The van der Waals surface area contributed by atoms with Crippen molar-refractivity contribution >= 4 is 17.5 Å². The SMILES string of the molecule is COc1ccc([N+](=O)[O-])cc1C[C@H](NC(=O)C1CC1)C(N)=O. The van der Waals surface area contributed by atoms with Gasteiger partial charge in [-0.05, 0) is 18.9 Å². The minimum atomic E-state index is -0.927. The number of hydrogen-bond donors (Lipinski definition) is 2. The normalized spacial score (nSPS) is 15.0. The van der Waals surface area contributed by atoms with Gasteiger partial charge in [-0.1, -0.05) is 0 Å². The van der Waals surface area contributed by atoms with Crippen LogP contribution in [0.4, 0.5) is 5.69 Å². The highest BCUT2D eigenvalue weighted by molar-refractivity contribution is 5.88. The number of non-ortho nitro benzene ring substituents is 1. The minimum absolute atomic E-state index is 0.0403. The molecule has 0 aromatic heterocycles. The number of nitrogens with one attached hydrogen (secondary N) is 1. The molecule has 1 saturated carbocycles. The predicted octanol–water partition coefficient (Wildman–Crippen LogP) is 0.526. The maximum Gasteiger partial charge on any atom is 0.269 e. The van der Waals surface area contributed by atoms with Gasteiger partial charge in [-0.2, -0.15) is 0 Å². The van der Waals surface area contributed by atoms with Gasteiger partial charge >= 0.3 is 0 Å². The number of methoxy groups -OCH3 is 1. The molecule has 118 valence electrons. The maximum atomic E-state index is 11.8.